The summed E-state index contributed by atoms with van der Waals surface area (Å²) in [6.07, 6.45) is 1.80. The molecule has 0 bridgehead atoms. The number of hydrogen-bond acceptors (Lipinski definition) is 7. The van der Waals surface area contributed by atoms with Gasteiger partial charge in [0.15, 0.2) is 4.80 Å². The lowest BCUT2D eigenvalue weighted by atomic mass is 9.94. The molecular weight excluding hydrogens is 514 g/mol. The number of allylic oxidation sites excluding steroid dienone is 1. The Morgan fingerprint density at radius 3 is 2.41 bits per heavy atom. The summed E-state index contributed by atoms with van der Waals surface area (Å²) in [5.41, 5.74) is 2.69. The Morgan fingerprint density at radius 2 is 1.69 bits per heavy atom. The van der Waals surface area contributed by atoms with Gasteiger partial charge in [-0.2, -0.15) is 0 Å². The molecule has 1 aliphatic rings. The van der Waals surface area contributed by atoms with Crippen molar-refractivity contribution < 1.29 is 19.0 Å². The van der Waals surface area contributed by atoms with Crippen LogP contribution < -0.4 is 34.4 Å². The molecule has 0 saturated heterocycles. The van der Waals surface area contributed by atoms with Gasteiger partial charge in [0.2, 0.25) is 0 Å². The molecule has 0 fully saturated rings. The van der Waals surface area contributed by atoms with Crippen LogP contribution in [0.4, 0.5) is 5.69 Å². The van der Waals surface area contributed by atoms with Gasteiger partial charge >= 0.3 is 0 Å². The van der Waals surface area contributed by atoms with Crippen LogP contribution in [-0.4, -0.2) is 31.8 Å². The topological polar surface area (TPSA) is 91.1 Å². The lowest BCUT2D eigenvalue weighted by Gasteiger charge is -2.26. The minimum Gasteiger partial charge on any atom is -0.497 e. The Balaban J connectivity index is 1.72. The number of carbonyl (C=O) groups is 1. The zero-order valence-electron chi connectivity index (χ0n) is 21.9. The van der Waals surface area contributed by atoms with Crippen molar-refractivity contribution in [3.8, 4) is 17.2 Å². The Kier molecular flexibility index (Phi) is 7.33. The fourth-order valence-electron chi connectivity index (χ4n) is 4.55. The largest absolute Gasteiger partial charge is 0.497 e. The molecule has 0 radical (unpaired) electrons. The molecule has 1 amide bonds. The van der Waals surface area contributed by atoms with Gasteiger partial charge in [-0.15, -0.1) is 0 Å². The summed E-state index contributed by atoms with van der Waals surface area (Å²) in [5, 5.41) is 2.96. The van der Waals surface area contributed by atoms with Crippen LogP contribution >= 0.6 is 11.3 Å². The van der Waals surface area contributed by atoms with E-state index in [4.69, 9.17) is 19.2 Å². The highest BCUT2D eigenvalue weighted by molar-refractivity contribution is 7.07. The molecule has 8 nitrogen and oxygen atoms in total. The summed E-state index contributed by atoms with van der Waals surface area (Å²) >= 11 is 1.27. The first kappa shape index (κ1) is 26.0. The van der Waals surface area contributed by atoms with E-state index in [1.54, 1.807) is 63.2 Å². The predicted molar refractivity (Wildman–Crippen MR) is 151 cm³/mol. The van der Waals surface area contributed by atoms with E-state index < -0.39 is 6.04 Å². The molecule has 3 aromatic carbocycles. The number of thiazole rings is 1. The Labute approximate surface area is 229 Å². The van der Waals surface area contributed by atoms with Crippen molar-refractivity contribution in [2.75, 3.05) is 26.6 Å². The van der Waals surface area contributed by atoms with Crippen molar-refractivity contribution in [3.05, 3.63) is 115 Å². The zero-order chi connectivity index (χ0) is 27.5. The first-order chi connectivity index (χ1) is 18.9. The third kappa shape index (κ3) is 5.08. The van der Waals surface area contributed by atoms with Gasteiger partial charge in [0.1, 0.15) is 23.3 Å². The summed E-state index contributed by atoms with van der Waals surface area (Å²) in [4.78, 5) is 32.9. The predicted octanol–water partition coefficient (Wildman–Crippen LogP) is 3.90. The molecule has 0 aliphatic carbocycles. The fourth-order valence-corrected chi connectivity index (χ4v) is 5.60. The maximum absolute atomic E-state index is 13.9. The van der Waals surface area contributed by atoms with Crippen molar-refractivity contribution in [2.24, 2.45) is 4.99 Å². The molecule has 198 valence electrons. The highest BCUT2D eigenvalue weighted by atomic mass is 32.1. The molecular formula is C30H27N3O5S. The number of nitrogens with one attached hydrogen (secondary N) is 1. The lowest BCUT2D eigenvalue weighted by Crippen LogP contribution is -2.40. The molecule has 1 aromatic heterocycles. The molecule has 9 heteroatoms. The van der Waals surface area contributed by atoms with Crippen LogP contribution in [0.1, 0.15) is 24.1 Å². The van der Waals surface area contributed by atoms with Crippen molar-refractivity contribution in [3.63, 3.8) is 0 Å². The number of para-hydroxylation sites is 1. The van der Waals surface area contributed by atoms with Gasteiger partial charge in [-0.25, -0.2) is 4.99 Å². The van der Waals surface area contributed by atoms with E-state index in [9.17, 15) is 9.59 Å². The number of rotatable bonds is 7. The molecule has 5 rings (SSSR count). The molecule has 1 aliphatic heterocycles. The van der Waals surface area contributed by atoms with Crippen LogP contribution in [0.15, 0.2) is 93.9 Å². The number of amides is 1. The molecule has 0 saturated carbocycles. The monoisotopic (exact) mass is 541 g/mol. The van der Waals surface area contributed by atoms with Gasteiger partial charge in [-0.3, -0.25) is 14.2 Å². The second-order valence-electron chi connectivity index (χ2n) is 8.79. The van der Waals surface area contributed by atoms with E-state index in [0.29, 0.717) is 49.1 Å². The number of aromatic nitrogens is 1. The summed E-state index contributed by atoms with van der Waals surface area (Å²) in [6, 6.07) is 21.2. The van der Waals surface area contributed by atoms with Crippen LogP contribution in [0.3, 0.4) is 0 Å². The third-order valence-electron chi connectivity index (χ3n) is 6.42. The summed E-state index contributed by atoms with van der Waals surface area (Å²) in [6.45, 7) is 1.78. The first-order valence-electron chi connectivity index (χ1n) is 12.2. The summed E-state index contributed by atoms with van der Waals surface area (Å²) in [7, 11) is 4.71. The van der Waals surface area contributed by atoms with Gasteiger partial charge in [-0.05, 0) is 55.0 Å². The van der Waals surface area contributed by atoms with Crippen LogP contribution in [0.5, 0.6) is 17.2 Å². The van der Waals surface area contributed by atoms with Crippen molar-refractivity contribution in [1.29, 1.82) is 0 Å². The Hall–Kier alpha value is -4.63. The van der Waals surface area contributed by atoms with Crippen LogP contribution in [0.25, 0.3) is 6.08 Å². The first-order valence-corrected chi connectivity index (χ1v) is 13.0. The molecule has 0 spiro atoms. The van der Waals surface area contributed by atoms with Gasteiger partial charge in [0.05, 0.1) is 37.1 Å². The molecule has 39 heavy (non-hydrogen) atoms. The van der Waals surface area contributed by atoms with Crippen molar-refractivity contribution >= 4 is 29.0 Å². The fraction of sp³-hybridized carbons (Fsp3) is 0.167. The third-order valence-corrected chi connectivity index (χ3v) is 7.41. The van der Waals surface area contributed by atoms with E-state index in [2.05, 4.69) is 5.32 Å². The van der Waals surface area contributed by atoms with E-state index in [1.165, 1.54) is 11.3 Å². The normalized spacial score (nSPS) is 14.9. The Bertz CT molecular complexity index is 1760. The maximum Gasteiger partial charge on any atom is 0.271 e. The van der Waals surface area contributed by atoms with Crippen LogP contribution in [0, 0.1) is 0 Å². The average molecular weight is 542 g/mol. The quantitative estimate of drug-likeness (QED) is 0.383. The smallest absolute Gasteiger partial charge is 0.271 e. The zero-order valence-corrected chi connectivity index (χ0v) is 22.7. The molecule has 1 N–H and O–H groups in total. The second-order valence-corrected chi connectivity index (χ2v) is 9.80. The molecule has 2 heterocycles. The molecule has 1 atom stereocenters. The van der Waals surface area contributed by atoms with Gasteiger partial charge in [-0.1, -0.05) is 41.7 Å². The number of carbonyl (C=O) groups excluding carboxylic acids is 1. The van der Waals surface area contributed by atoms with Gasteiger partial charge in [0, 0.05) is 17.3 Å². The number of nitrogens with zero attached hydrogens (tertiary/aromatic N) is 2. The second kappa shape index (κ2) is 11.0. The lowest BCUT2D eigenvalue weighted by molar-refractivity contribution is -0.113. The highest BCUT2D eigenvalue weighted by Gasteiger charge is 2.34. The number of ether oxygens (including phenoxy) is 3. The maximum atomic E-state index is 13.9. The average Bonchev–Trinajstić information content (AvgIpc) is 3.26. The number of fused-ring (bicyclic) bond motifs is 1. The highest BCUT2D eigenvalue weighted by Crippen LogP contribution is 2.37. The minimum absolute atomic E-state index is 0.262. The van der Waals surface area contributed by atoms with Crippen molar-refractivity contribution in [1.82, 2.24) is 4.57 Å². The van der Waals surface area contributed by atoms with E-state index in [1.807, 2.05) is 48.5 Å². The van der Waals surface area contributed by atoms with Crippen LogP contribution in [-0.2, 0) is 4.79 Å². The number of methoxy groups -OCH3 is 3. The van der Waals surface area contributed by atoms with E-state index >= 15 is 0 Å². The number of benzene rings is 3. The van der Waals surface area contributed by atoms with Gasteiger partial charge < -0.3 is 19.5 Å². The van der Waals surface area contributed by atoms with Crippen molar-refractivity contribution in [2.45, 2.75) is 13.0 Å². The summed E-state index contributed by atoms with van der Waals surface area (Å²) < 4.78 is 18.5. The minimum atomic E-state index is -0.779. The Morgan fingerprint density at radius 1 is 0.949 bits per heavy atom. The SMILES string of the molecule is COc1cccc(/C=c2\sc3n(c2=O)[C@@H](c2ccc(OC)cc2OC)C(C(=O)Nc2ccccc2)=C(C)N=3)c1. The standard InChI is InChI=1S/C30H27N3O5S/c1-18-26(28(34)32-20-10-6-5-7-11-20)27(23-14-13-22(37-3)17-24(23)38-4)33-29(35)25(39-30(33)31-18)16-19-9-8-12-21(15-19)36-2/h5-17,27H,1-4H3,(H,32,34)/b25-16-/t27-/m0/s1. The van der Waals surface area contributed by atoms with E-state index in [-0.39, 0.29) is 11.5 Å². The van der Waals surface area contributed by atoms with E-state index in [0.717, 1.165) is 5.56 Å². The summed E-state index contributed by atoms with van der Waals surface area (Å²) in [5.74, 6) is 1.42. The van der Waals surface area contributed by atoms with Gasteiger partial charge in [0.25, 0.3) is 11.5 Å². The molecule has 0 unspecified atom stereocenters. The number of hydrogen-bond donors (Lipinski definition) is 1. The molecule has 4 aromatic rings. The van der Waals surface area contributed by atoms with Crippen LogP contribution in [0.2, 0.25) is 0 Å². The number of anilines is 1.